The summed E-state index contributed by atoms with van der Waals surface area (Å²) >= 11 is 0. The van der Waals surface area contributed by atoms with Gasteiger partial charge in [-0.3, -0.25) is 4.99 Å². The Balaban J connectivity index is 1.41. The van der Waals surface area contributed by atoms with Crippen LogP contribution < -0.4 is 0 Å². The fourth-order valence-electron chi connectivity index (χ4n) is 5.35. The number of rotatable bonds is 5. The summed E-state index contributed by atoms with van der Waals surface area (Å²) < 4.78 is 0. The van der Waals surface area contributed by atoms with E-state index in [4.69, 9.17) is 4.98 Å². The summed E-state index contributed by atoms with van der Waals surface area (Å²) in [5.74, 6) is 0. The van der Waals surface area contributed by atoms with E-state index in [-0.39, 0.29) is 5.41 Å². The van der Waals surface area contributed by atoms with Gasteiger partial charge in [0.15, 0.2) is 0 Å². The maximum absolute atomic E-state index is 5.07. The van der Waals surface area contributed by atoms with Gasteiger partial charge in [-0.1, -0.05) is 112 Å². The lowest BCUT2D eigenvalue weighted by molar-refractivity contribution is 0.590. The molecule has 0 aliphatic rings. The molecule has 0 unspecified atom stereocenters. The summed E-state index contributed by atoms with van der Waals surface area (Å²) in [6.45, 7) is 11.1. The second-order valence-electron chi connectivity index (χ2n) is 11.2. The zero-order valence-corrected chi connectivity index (χ0v) is 22.8. The predicted octanol–water partition coefficient (Wildman–Crippen LogP) is 9.89. The molecule has 0 aliphatic heterocycles. The molecule has 2 nitrogen and oxygen atoms in total. The van der Waals surface area contributed by atoms with E-state index in [9.17, 15) is 0 Å². The fraction of sp³-hybridized carbons (Fsp3) is 0.135. The van der Waals surface area contributed by atoms with Crippen LogP contribution in [0.2, 0.25) is 0 Å². The van der Waals surface area contributed by atoms with Crippen molar-refractivity contribution in [1.29, 1.82) is 0 Å². The monoisotopic (exact) mass is 504 g/mol. The van der Waals surface area contributed by atoms with Crippen molar-refractivity contribution in [3.63, 3.8) is 0 Å². The van der Waals surface area contributed by atoms with Crippen LogP contribution in [0.5, 0.6) is 0 Å². The van der Waals surface area contributed by atoms with Crippen LogP contribution in [0.25, 0.3) is 55.2 Å². The van der Waals surface area contributed by atoms with Gasteiger partial charge in [-0.05, 0) is 75.2 Å². The van der Waals surface area contributed by atoms with Crippen molar-refractivity contribution in [3.05, 3.63) is 126 Å². The molecule has 5 aromatic carbocycles. The van der Waals surface area contributed by atoms with E-state index in [1.54, 1.807) is 0 Å². The average Bonchev–Trinajstić information content (AvgIpc) is 2.96. The van der Waals surface area contributed by atoms with E-state index < -0.39 is 0 Å². The van der Waals surface area contributed by atoms with E-state index in [2.05, 4.69) is 148 Å². The molecule has 0 amide bonds. The molecule has 6 rings (SSSR count). The SMILES string of the molecule is C=NCc1cc(-c2ccc(-c3nc4ccccc4c4ccccc34)cc2)cc(-c2ccc(C(C)(C)C)cc2)c1. The third-order valence-corrected chi connectivity index (χ3v) is 7.47. The van der Waals surface area contributed by atoms with Gasteiger partial charge in [0.25, 0.3) is 0 Å². The van der Waals surface area contributed by atoms with Crippen molar-refractivity contribution in [3.8, 4) is 33.5 Å². The molecule has 0 spiro atoms. The van der Waals surface area contributed by atoms with Crippen molar-refractivity contribution < 1.29 is 0 Å². The molecule has 0 radical (unpaired) electrons. The van der Waals surface area contributed by atoms with E-state index in [1.807, 2.05) is 0 Å². The molecule has 0 saturated heterocycles. The third-order valence-electron chi connectivity index (χ3n) is 7.47. The van der Waals surface area contributed by atoms with Gasteiger partial charge in [0, 0.05) is 16.3 Å². The summed E-state index contributed by atoms with van der Waals surface area (Å²) in [4.78, 5) is 9.24. The predicted molar refractivity (Wildman–Crippen MR) is 168 cm³/mol. The molecule has 190 valence electrons. The molecule has 2 heteroatoms. The molecule has 0 aliphatic carbocycles. The Morgan fingerprint density at radius 3 is 1.74 bits per heavy atom. The Morgan fingerprint density at radius 2 is 1.13 bits per heavy atom. The van der Waals surface area contributed by atoms with Gasteiger partial charge in [-0.2, -0.15) is 0 Å². The van der Waals surface area contributed by atoms with Crippen LogP contribution >= 0.6 is 0 Å². The summed E-state index contributed by atoms with van der Waals surface area (Å²) in [6.07, 6.45) is 0. The van der Waals surface area contributed by atoms with Crippen LogP contribution in [0.4, 0.5) is 0 Å². The number of hydrogen-bond acceptors (Lipinski definition) is 2. The first-order valence-electron chi connectivity index (χ1n) is 13.5. The molecule has 0 bridgehead atoms. The highest BCUT2D eigenvalue weighted by Crippen LogP contribution is 2.35. The molecule has 0 fully saturated rings. The molecular weight excluding hydrogens is 472 g/mol. The minimum atomic E-state index is 0.130. The van der Waals surface area contributed by atoms with Crippen molar-refractivity contribution >= 4 is 28.4 Å². The van der Waals surface area contributed by atoms with Crippen LogP contribution in [-0.4, -0.2) is 11.7 Å². The molecule has 1 heterocycles. The number of fused-ring (bicyclic) bond motifs is 3. The molecular formula is C37H32N2. The Kier molecular flexibility index (Phi) is 6.32. The van der Waals surface area contributed by atoms with E-state index >= 15 is 0 Å². The van der Waals surface area contributed by atoms with Gasteiger partial charge in [-0.15, -0.1) is 0 Å². The van der Waals surface area contributed by atoms with Crippen molar-refractivity contribution in [1.82, 2.24) is 4.98 Å². The Labute approximate surface area is 230 Å². The van der Waals surface area contributed by atoms with Crippen LogP contribution in [0.3, 0.4) is 0 Å². The molecule has 6 aromatic rings. The number of para-hydroxylation sites is 1. The number of aromatic nitrogens is 1. The summed E-state index contributed by atoms with van der Waals surface area (Å²) in [6, 6.07) is 41.4. The fourth-order valence-corrected chi connectivity index (χ4v) is 5.35. The van der Waals surface area contributed by atoms with Crippen molar-refractivity contribution in [2.45, 2.75) is 32.7 Å². The topological polar surface area (TPSA) is 25.2 Å². The largest absolute Gasteiger partial charge is 0.296 e. The third kappa shape index (κ3) is 4.86. The van der Waals surface area contributed by atoms with Gasteiger partial charge in [0.05, 0.1) is 17.8 Å². The van der Waals surface area contributed by atoms with Gasteiger partial charge < -0.3 is 0 Å². The van der Waals surface area contributed by atoms with E-state index in [0.717, 1.165) is 22.3 Å². The Bertz CT molecular complexity index is 1800. The second-order valence-corrected chi connectivity index (χ2v) is 11.2. The smallest absolute Gasteiger partial charge is 0.0788 e. The van der Waals surface area contributed by atoms with Gasteiger partial charge >= 0.3 is 0 Å². The number of hydrogen-bond donors (Lipinski definition) is 0. The number of benzene rings is 5. The first-order chi connectivity index (χ1) is 18.9. The lowest BCUT2D eigenvalue weighted by Crippen LogP contribution is -2.10. The molecule has 0 atom stereocenters. The zero-order valence-electron chi connectivity index (χ0n) is 22.8. The highest BCUT2D eigenvalue weighted by atomic mass is 14.7. The zero-order chi connectivity index (χ0) is 27.0. The Morgan fingerprint density at radius 1 is 0.590 bits per heavy atom. The maximum Gasteiger partial charge on any atom is 0.0788 e. The van der Waals surface area contributed by atoms with E-state index in [0.29, 0.717) is 6.54 Å². The van der Waals surface area contributed by atoms with Crippen LogP contribution in [0.1, 0.15) is 31.9 Å². The molecule has 1 aromatic heterocycles. The molecule has 0 N–H and O–H groups in total. The summed E-state index contributed by atoms with van der Waals surface area (Å²) in [5, 5.41) is 3.59. The van der Waals surface area contributed by atoms with Crippen molar-refractivity contribution in [2.24, 2.45) is 4.99 Å². The maximum atomic E-state index is 5.07. The van der Waals surface area contributed by atoms with Crippen LogP contribution in [0, 0.1) is 0 Å². The number of pyridine rings is 1. The highest BCUT2D eigenvalue weighted by molar-refractivity contribution is 6.10. The lowest BCUT2D eigenvalue weighted by atomic mass is 9.86. The average molecular weight is 505 g/mol. The standard InChI is InChI=1S/C37H32N2/c1-37(2,3)31-19-17-27(18-20-31)30-22-25(24-38-4)21-29(23-30)26-13-15-28(16-14-26)36-34-11-6-5-9-32(34)33-10-7-8-12-35(33)39-36/h5-23H,4,24H2,1-3H3. The minimum absolute atomic E-state index is 0.130. The number of nitrogens with zero attached hydrogens (tertiary/aromatic N) is 2. The van der Waals surface area contributed by atoms with Crippen LogP contribution in [-0.2, 0) is 12.0 Å². The Hall–Kier alpha value is -4.56. The molecule has 39 heavy (non-hydrogen) atoms. The first-order valence-corrected chi connectivity index (χ1v) is 13.5. The van der Waals surface area contributed by atoms with Gasteiger partial charge in [0.1, 0.15) is 0 Å². The quantitative estimate of drug-likeness (QED) is 0.169. The minimum Gasteiger partial charge on any atom is -0.296 e. The highest BCUT2D eigenvalue weighted by Gasteiger charge is 2.14. The van der Waals surface area contributed by atoms with E-state index in [1.165, 1.54) is 44.0 Å². The first kappa shape index (κ1) is 24.8. The van der Waals surface area contributed by atoms with Crippen molar-refractivity contribution in [2.75, 3.05) is 0 Å². The number of aliphatic imine (C=N–C) groups is 1. The molecule has 0 saturated carbocycles. The lowest BCUT2D eigenvalue weighted by Gasteiger charge is -2.19. The summed E-state index contributed by atoms with van der Waals surface area (Å²) in [7, 11) is 0. The van der Waals surface area contributed by atoms with Gasteiger partial charge in [0.2, 0.25) is 0 Å². The normalized spacial score (nSPS) is 11.7. The van der Waals surface area contributed by atoms with Gasteiger partial charge in [-0.25, -0.2) is 4.98 Å². The summed E-state index contributed by atoms with van der Waals surface area (Å²) in [5.41, 5.74) is 10.5. The second kappa shape index (κ2) is 9.96. The van der Waals surface area contributed by atoms with Crippen LogP contribution in [0.15, 0.2) is 120 Å².